The molecular weight excluding hydrogens is 448 g/mol. The Morgan fingerprint density at radius 2 is 2.09 bits per heavy atom. The summed E-state index contributed by atoms with van der Waals surface area (Å²) in [7, 11) is 0. The van der Waals surface area contributed by atoms with Crippen LogP contribution < -0.4 is 24.4 Å². The minimum atomic E-state index is -0.565. The lowest BCUT2D eigenvalue weighted by atomic mass is 10.0. The molecule has 2 aliphatic heterocycles. The summed E-state index contributed by atoms with van der Waals surface area (Å²) in [6.45, 7) is 5.95. The predicted molar refractivity (Wildman–Crippen MR) is 122 cm³/mol. The maximum Gasteiger partial charge on any atom is 0.338 e. The zero-order valence-corrected chi connectivity index (χ0v) is 19.3. The average molecular weight is 469 g/mol. The van der Waals surface area contributed by atoms with E-state index in [0.717, 1.165) is 16.0 Å². The van der Waals surface area contributed by atoms with Gasteiger partial charge in [0.15, 0.2) is 16.3 Å². The first-order chi connectivity index (χ1) is 15.5. The Morgan fingerprint density at radius 3 is 2.81 bits per heavy atom. The highest BCUT2D eigenvalue weighted by Gasteiger charge is 2.33. The molecule has 0 saturated heterocycles. The van der Waals surface area contributed by atoms with E-state index in [4.69, 9.17) is 14.2 Å². The van der Waals surface area contributed by atoms with Crippen molar-refractivity contribution in [1.82, 2.24) is 4.57 Å². The molecule has 0 fully saturated rings. The van der Waals surface area contributed by atoms with Crippen molar-refractivity contribution in [3.8, 4) is 11.5 Å². The van der Waals surface area contributed by atoms with E-state index in [1.807, 2.05) is 42.6 Å². The smallest absolute Gasteiger partial charge is 0.338 e. The summed E-state index contributed by atoms with van der Waals surface area (Å²) in [5.41, 5.74) is 2.60. The quantitative estimate of drug-likeness (QED) is 0.550. The summed E-state index contributed by atoms with van der Waals surface area (Å²) in [4.78, 5) is 32.4. The van der Waals surface area contributed by atoms with Crippen LogP contribution in [0.25, 0.3) is 6.08 Å². The third kappa shape index (κ3) is 3.37. The molecule has 3 aromatic rings. The van der Waals surface area contributed by atoms with Gasteiger partial charge < -0.3 is 14.2 Å². The van der Waals surface area contributed by atoms with Gasteiger partial charge in [0, 0.05) is 4.88 Å². The normalized spacial score (nSPS) is 17.3. The van der Waals surface area contributed by atoms with Crippen molar-refractivity contribution >= 4 is 34.7 Å². The van der Waals surface area contributed by atoms with Crippen LogP contribution in [0.15, 0.2) is 50.7 Å². The van der Waals surface area contributed by atoms with Crippen LogP contribution in [0.3, 0.4) is 0 Å². The Balaban J connectivity index is 1.70. The molecule has 0 spiro atoms. The number of esters is 1. The third-order valence-corrected chi connectivity index (χ3v) is 7.29. The van der Waals surface area contributed by atoms with Crippen molar-refractivity contribution < 1.29 is 19.0 Å². The number of hydrogen-bond donors (Lipinski definition) is 0. The van der Waals surface area contributed by atoms with Gasteiger partial charge in [-0.1, -0.05) is 17.4 Å². The van der Waals surface area contributed by atoms with Crippen molar-refractivity contribution in [2.75, 3.05) is 13.4 Å². The van der Waals surface area contributed by atoms with Crippen LogP contribution in [0.1, 0.15) is 35.9 Å². The van der Waals surface area contributed by atoms with Gasteiger partial charge in [0.1, 0.15) is 6.04 Å². The van der Waals surface area contributed by atoms with Crippen LogP contribution in [0.5, 0.6) is 11.5 Å². The molecule has 0 aliphatic carbocycles. The minimum Gasteiger partial charge on any atom is -0.463 e. The predicted octanol–water partition coefficient (Wildman–Crippen LogP) is 2.90. The van der Waals surface area contributed by atoms with E-state index in [2.05, 4.69) is 4.99 Å². The highest BCUT2D eigenvalue weighted by molar-refractivity contribution is 7.10. The van der Waals surface area contributed by atoms with Crippen molar-refractivity contribution in [2.24, 2.45) is 4.99 Å². The number of carbonyl (C=O) groups excluding carboxylic acids is 1. The van der Waals surface area contributed by atoms with Crippen molar-refractivity contribution in [3.63, 3.8) is 0 Å². The van der Waals surface area contributed by atoms with E-state index in [1.165, 1.54) is 22.7 Å². The Hall–Kier alpha value is -3.17. The van der Waals surface area contributed by atoms with Crippen molar-refractivity contribution in [1.29, 1.82) is 0 Å². The molecule has 0 saturated carbocycles. The number of aromatic nitrogens is 1. The molecule has 2 aliphatic rings. The van der Waals surface area contributed by atoms with E-state index in [-0.39, 0.29) is 19.0 Å². The zero-order chi connectivity index (χ0) is 22.4. The number of thiazole rings is 1. The number of hydrogen-bond acceptors (Lipinski definition) is 8. The van der Waals surface area contributed by atoms with E-state index in [9.17, 15) is 9.59 Å². The highest BCUT2D eigenvalue weighted by atomic mass is 32.1. The molecule has 0 bridgehead atoms. The lowest BCUT2D eigenvalue weighted by Crippen LogP contribution is -2.39. The first-order valence-electron chi connectivity index (χ1n) is 10.1. The Labute approximate surface area is 191 Å². The first-order valence-corrected chi connectivity index (χ1v) is 11.8. The number of allylic oxidation sites excluding steroid dienone is 1. The highest BCUT2D eigenvalue weighted by Crippen LogP contribution is 2.35. The molecule has 0 unspecified atom stereocenters. The molecule has 1 atom stereocenters. The summed E-state index contributed by atoms with van der Waals surface area (Å²) >= 11 is 2.80. The van der Waals surface area contributed by atoms with Crippen molar-refractivity contribution in [2.45, 2.75) is 26.8 Å². The van der Waals surface area contributed by atoms with E-state index in [0.29, 0.717) is 32.1 Å². The summed E-state index contributed by atoms with van der Waals surface area (Å²) in [6.07, 6.45) is 1.84. The molecule has 164 valence electrons. The fourth-order valence-corrected chi connectivity index (χ4v) is 5.72. The van der Waals surface area contributed by atoms with Crippen LogP contribution >= 0.6 is 22.7 Å². The van der Waals surface area contributed by atoms with Crippen LogP contribution in [0.2, 0.25) is 0 Å². The molecule has 5 rings (SSSR count). The summed E-state index contributed by atoms with van der Waals surface area (Å²) < 4.78 is 18.4. The van der Waals surface area contributed by atoms with Gasteiger partial charge in [-0.15, -0.1) is 11.3 Å². The summed E-state index contributed by atoms with van der Waals surface area (Å²) in [6, 6.07) is 7.05. The van der Waals surface area contributed by atoms with Crippen LogP contribution in [-0.4, -0.2) is 23.9 Å². The number of ether oxygens (including phenoxy) is 3. The largest absolute Gasteiger partial charge is 0.463 e. The maximum atomic E-state index is 13.6. The minimum absolute atomic E-state index is 0.192. The molecule has 32 heavy (non-hydrogen) atoms. The third-order valence-electron chi connectivity index (χ3n) is 5.38. The number of benzene rings is 1. The summed E-state index contributed by atoms with van der Waals surface area (Å²) in [5.74, 6) is 0.910. The van der Waals surface area contributed by atoms with Gasteiger partial charge in [-0.05, 0) is 61.6 Å². The molecule has 2 aromatic heterocycles. The Morgan fingerprint density at radius 1 is 1.31 bits per heavy atom. The number of fused-ring (bicyclic) bond motifs is 2. The number of nitrogens with zero attached hydrogens (tertiary/aromatic N) is 2. The molecule has 0 N–H and O–H groups in total. The number of aryl methyl sites for hydroxylation is 1. The topological polar surface area (TPSA) is 79.1 Å². The van der Waals surface area contributed by atoms with E-state index >= 15 is 0 Å². The van der Waals surface area contributed by atoms with Gasteiger partial charge in [-0.25, -0.2) is 9.79 Å². The summed E-state index contributed by atoms with van der Waals surface area (Å²) in [5, 5.41) is 1.93. The fraction of sp³-hybridized carbons (Fsp3) is 0.261. The number of rotatable bonds is 4. The maximum absolute atomic E-state index is 13.6. The lowest BCUT2D eigenvalue weighted by molar-refractivity contribution is -0.139. The van der Waals surface area contributed by atoms with Gasteiger partial charge in [0.05, 0.1) is 22.4 Å². The van der Waals surface area contributed by atoms with Crippen LogP contribution in [0, 0.1) is 6.92 Å². The van der Waals surface area contributed by atoms with Crippen LogP contribution in [-0.2, 0) is 9.53 Å². The van der Waals surface area contributed by atoms with Gasteiger partial charge in [-0.3, -0.25) is 9.36 Å². The first kappa shape index (κ1) is 20.7. The van der Waals surface area contributed by atoms with E-state index < -0.39 is 12.0 Å². The molecule has 9 heteroatoms. The van der Waals surface area contributed by atoms with Gasteiger partial charge in [-0.2, -0.15) is 0 Å². The second kappa shape index (κ2) is 8.07. The fourth-order valence-electron chi connectivity index (χ4n) is 3.86. The van der Waals surface area contributed by atoms with Gasteiger partial charge >= 0.3 is 5.97 Å². The second-order valence-corrected chi connectivity index (χ2v) is 9.37. The average Bonchev–Trinajstić information content (AvgIpc) is 3.49. The molecule has 4 heterocycles. The number of carbonyl (C=O) groups is 1. The number of thiophene rings is 1. The van der Waals surface area contributed by atoms with E-state index in [1.54, 1.807) is 18.4 Å². The van der Waals surface area contributed by atoms with Gasteiger partial charge in [0.25, 0.3) is 5.56 Å². The SMILES string of the molecule is CCOC(=O)C1=C(C)N=c2s/c(=C\c3cc4c(cc3C)OCO4)c(=O)n2[C@H]1c1cccs1. The molecule has 0 amide bonds. The van der Waals surface area contributed by atoms with Gasteiger partial charge in [0.2, 0.25) is 6.79 Å². The standard InChI is InChI=1S/C23H20N2O5S2/c1-4-28-22(27)19-13(3)24-23-25(20(19)17-6-5-7-31-17)21(26)18(32-23)10-14-9-16-15(8-12(14)2)29-11-30-16/h5-10,20H,4,11H2,1-3H3/b18-10-/t20-/m0/s1. The molecule has 0 radical (unpaired) electrons. The zero-order valence-electron chi connectivity index (χ0n) is 17.7. The van der Waals surface area contributed by atoms with Crippen LogP contribution in [0.4, 0.5) is 0 Å². The lowest BCUT2D eigenvalue weighted by Gasteiger charge is -2.23. The monoisotopic (exact) mass is 468 g/mol. The molecule has 7 nitrogen and oxygen atoms in total. The molecular formula is C23H20N2O5S2. The Kier molecular flexibility index (Phi) is 5.22. The second-order valence-electron chi connectivity index (χ2n) is 7.38. The Bertz CT molecular complexity index is 1430. The molecule has 1 aromatic carbocycles. The van der Waals surface area contributed by atoms with Crippen molar-refractivity contribution in [3.05, 3.63) is 76.6 Å².